The van der Waals surface area contributed by atoms with Crippen LogP contribution in [0.4, 0.5) is 0 Å². The van der Waals surface area contributed by atoms with Gasteiger partial charge in [0.25, 0.3) is 5.95 Å². The van der Waals surface area contributed by atoms with Crippen molar-refractivity contribution in [2.75, 3.05) is 7.05 Å². The largest absolute Gasteiger partial charge is 0.342 e. The third-order valence-corrected chi connectivity index (χ3v) is 5.98. The summed E-state index contributed by atoms with van der Waals surface area (Å²) >= 11 is 0. The summed E-state index contributed by atoms with van der Waals surface area (Å²) in [7, 11) is 1.99. The molecule has 0 radical (unpaired) electrons. The molecular formula is C21H29N5O. The number of aryl methyl sites for hydroxylation is 3. The molecule has 2 aromatic heterocycles. The van der Waals surface area contributed by atoms with Gasteiger partial charge in [-0.25, -0.2) is 14.6 Å². The van der Waals surface area contributed by atoms with Crippen LogP contribution in [-0.4, -0.2) is 43.6 Å². The smallest absolute Gasteiger partial charge is 0.251 e. The molecule has 0 unspecified atom stereocenters. The molecular weight excluding hydrogens is 338 g/mol. The third kappa shape index (κ3) is 3.62. The number of likely N-dealkylation sites (N-methyl/N-ethyl adjacent to an activating group) is 1. The number of rotatable bonds is 6. The highest BCUT2D eigenvalue weighted by Crippen LogP contribution is 2.47. The van der Waals surface area contributed by atoms with Gasteiger partial charge < -0.3 is 4.90 Å². The second kappa shape index (κ2) is 6.73. The van der Waals surface area contributed by atoms with Gasteiger partial charge in [-0.15, -0.1) is 0 Å². The van der Waals surface area contributed by atoms with Gasteiger partial charge in [0.05, 0.1) is 12.1 Å². The highest BCUT2D eigenvalue weighted by Gasteiger charge is 2.44. The first-order chi connectivity index (χ1) is 12.8. The Morgan fingerprint density at radius 1 is 1.11 bits per heavy atom. The Morgan fingerprint density at radius 2 is 1.67 bits per heavy atom. The van der Waals surface area contributed by atoms with Crippen molar-refractivity contribution in [1.29, 1.82) is 0 Å². The van der Waals surface area contributed by atoms with E-state index in [1.807, 2.05) is 45.7 Å². The normalized spacial score (nSPS) is 16.8. The van der Waals surface area contributed by atoms with Crippen LogP contribution in [0.1, 0.15) is 54.0 Å². The van der Waals surface area contributed by atoms with E-state index < -0.39 is 0 Å². The topological polar surface area (TPSA) is 63.9 Å². The monoisotopic (exact) mass is 367 g/mol. The molecule has 144 valence electrons. The van der Waals surface area contributed by atoms with E-state index in [0.29, 0.717) is 18.4 Å². The fraction of sp³-hybridized carbons (Fsp3) is 0.619. The highest BCUT2D eigenvalue weighted by atomic mass is 16.2. The molecule has 0 saturated heterocycles. The number of aromatic nitrogens is 4. The van der Waals surface area contributed by atoms with Crippen molar-refractivity contribution < 1.29 is 4.79 Å². The van der Waals surface area contributed by atoms with E-state index in [1.54, 1.807) is 4.68 Å². The fourth-order valence-electron chi connectivity index (χ4n) is 4.26. The summed E-state index contributed by atoms with van der Waals surface area (Å²) in [5.74, 6) is 2.22. The summed E-state index contributed by atoms with van der Waals surface area (Å²) < 4.78 is 1.78. The average molecular weight is 367 g/mol. The lowest BCUT2D eigenvalue weighted by Crippen LogP contribution is -2.41. The molecule has 2 saturated carbocycles. The van der Waals surface area contributed by atoms with E-state index in [2.05, 4.69) is 15.1 Å². The van der Waals surface area contributed by atoms with E-state index in [0.717, 1.165) is 40.2 Å². The van der Waals surface area contributed by atoms with Gasteiger partial charge >= 0.3 is 0 Å². The van der Waals surface area contributed by atoms with Crippen LogP contribution < -0.4 is 0 Å². The SMILES string of the molecule is Cc1cc(C)nc(-n2nc(C)c(CC(=O)N(C)C(C3CC3)C3CC3)c2C)n1. The average Bonchev–Trinajstić information content (AvgIpc) is 3.50. The maximum Gasteiger partial charge on any atom is 0.251 e. The van der Waals surface area contributed by atoms with Crippen molar-refractivity contribution in [2.24, 2.45) is 11.8 Å². The fourth-order valence-corrected chi connectivity index (χ4v) is 4.26. The minimum atomic E-state index is 0.200. The van der Waals surface area contributed by atoms with Crippen molar-refractivity contribution in [3.63, 3.8) is 0 Å². The standard InChI is InChI=1S/C21H29N5O/c1-12-10-13(2)23-21(22-12)26-15(4)18(14(3)24-26)11-19(27)25(5)20(16-6-7-16)17-8-9-17/h10,16-17,20H,6-9,11H2,1-5H3. The Bertz CT molecular complexity index is 847. The Balaban J connectivity index is 1.57. The quantitative estimate of drug-likeness (QED) is 0.787. The van der Waals surface area contributed by atoms with Crippen LogP contribution in [0.15, 0.2) is 6.07 Å². The molecule has 0 bridgehead atoms. The maximum absolute atomic E-state index is 13.0. The number of hydrogen-bond acceptors (Lipinski definition) is 4. The Kier molecular flexibility index (Phi) is 4.52. The molecule has 2 aliphatic rings. The van der Waals surface area contributed by atoms with E-state index in [4.69, 9.17) is 0 Å². The van der Waals surface area contributed by atoms with Crippen LogP contribution in [-0.2, 0) is 11.2 Å². The van der Waals surface area contributed by atoms with Crippen molar-refractivity contribution in [3.8, 4) is 5.95 Å². The van der Waals surface area contributed by atoms with Crippen LogP contribution in [0.3, 0.4) is 0 Å². The summed E-state index contributed by atoms with van der Waals surface area (Å²) in [5.41, 5.74) is 4.67. The van der Waals surface area contributed by atoms with Gasteiger partial charge in [-0.05, 0) is 71.3 Å². The first-order valence-electron chi connectivity index (χ1n) is 9.98. The first kappa shape index (κ1) is 18.1. The first-order valence-corrected chi connectivity index (χ1v) is 9.98. The molecule has 0 aliphatic heterocycles. The summed E-state index contributed by atoms with van der Waals surface area (Å²) in [6.45, 7) is 7.88. The predicted molar refractivity (Wildman–Crippen MR) is 104 cm³/mol. The molecule has 2 fully saturated rings. The molecule has 0 aromatic carbocycles. The van der Waals surface area contributed by atoms with Crippen LogP contribution in [0.5, 0.6) is 0 Å². The molecule has 2 aromatic rings. The Morgan fingerprint density at radius 3 is 2.19 bits per heavy atom. The number of hydrogen-bond donors (Lipinski definition) is 0. The molecule has 0 atom stereocenters. The van der Waals surface area contributed by atoms with Gasteiger partial charge in [0.1, 0.15) is 0 Å². The van der Waals surface area contributed by atoms with Crippen LogP contribution >= 0.6 is 0 Å². The summed E-state index contributed by atoms with van der Waals surface area (Å²) in [6.07, 6.45) is 5.50. The van der Waals surface area contributed by atoms with E-state index >= 15 is 0 Å². The zero-order chi connectivity index (χ0) is 19.3. The molecule has 1 amide bonds. The molecule has 27 heavy (non-hydrogen) atoms. The van der Waals surface area contributed by atoms with Crippen LogP contribution in [0, 0.1) is 39.5 Å². The number of nitrogens with zero attached hydrogens (tertiary/aromatic N) is 5. The molecule has 6 heteroatoms. The zero-order valence-electron chi connectivity index (χ0n) is 17.0. The van der Waals surface area contributed by atoms with Gasteiger partial charge in [0.15, 0.2) is 0 Å². The number of amides is 1. The van der Waals surface area contributed by atoms with Gasteiger partial charge in [0.2, 0.25) is 5.91 Å². The Labute approximate surface area is 161 Å². The van der Waals surface area contributed by atoms with E-state index in [9.17, 15) is 4.79 Å². The lowest BCUT2D eigenvalue weighted by atomic mass is 10.0. The molecule has 6 nitrogen and oxygen atoms in total. The highest BCUT2D eigenvalue weighted by molar-refractivity contribution is 5.79. The lowest BCUT2D eigenvalue weighted by Gasteiger charge is -2.28. The van der Waals surface area contributed by atoms with Gasteiger partial charge in [-0.2, -0.15) is 5.10 Å². The van der Waals surface area contributed by atoms with Gasteiger partial charge in [-0.1, -0.05) is 0 Å². The van der Waals surface area contributed by atoms with Crippen molar-refractivity contribution in [2.45, 2.75) is 65.8 Å². The van der Waals surface area contributed by atoms with Crippen molar-refractivity contribution in [1.82, 2.24) is 24.6 Å². The van der Waals surface area contributed by atoms with Gasteiger partial charge in [-0.3, -0.25) is 4.79 Å². The second-order valence-corrected chi connectivity index (χ2v) is 8.36. The van der Waals surface area contributed by atoms with Gasteiger partial charge in [0, 0.05) is 35.7 Å². The minimum Gasteiger partial charge on any atom is -0.342 e. The summed E-state index contributed by atoms with van der Waals surface area (Å²) in [5, 5.41) is 4.64. The Hall–Kier alpha value is -2.24. The summed E-state index contributed by atoms with van der Waals surface area (Å²) in [4.78, 5) is 24.1. The molecule has 2 aliphatic carbocycles. The number of carbonyl (C=O) groups is 1. The lowest BCUT2D eigenvalue weighted by molar-refractivity contribution is -0.132. The van der Waals surface area contributed by atoms with E-state index in [1.165, 1.54) is 25.7 Å². The van der Waals surface area contributed by atoms with E-state index in [-0.39, 0.29) is 5.91 Å². The molecule has 0 N–H and O–H groups in total. The third-order valence-electron chi connectivity index (χ3n) is 5.98. The van der Waals surface area contributed by atoms with Crippen molar-refractivity contribution >= 4 is 5.91 Å². The zero-order valence-corrected chi connectivity index (χ0v) is 17.0. The maximum atomic E-state index is 13.0. The molecule has 0 spiro atoms. The molecule has 2 heterocycles. The number of carbonyl (C=O) groups excluding carboxylic acids is 1. The minimum absolute atomic E-state index is 0.200. The second-order valence-electron chi connectivity index (χ2n) is 8.36. The van der Waals surface area contributed by atoms with Crippen LogP contribution in [0.2, 0.25) is 0 Å². The van der Waals surface area contributed by atoms with Crippen LogP contribution in [0.25, 0.3) is 5.95 Å². The molecule has 4 rings (SSSR count). The van der Waals surface area contributed by atoms with Crippen molar-refractivity contribution in [3.05, 3.63) is 34.4 Å². The summed E-state index contributed by atoms with van der Waals surface area (Å²) in [6, 6.07) is 2.39. The predicted octanol–water partition coefficient (Wildman–Crippen LogP) is 3.09.